The third-order valence-corrected chi connectivity index (χ3v) is 4.54. The monoisotopic (exact) mass is 406 g/mol. The van der Waals surface area contributed by atoms with Gasteiger partial charge >= 0.3 is 0 Å². The SMILES string of the molecule is CN(CC(=O)Nc1ccc(Cl)cc1)C(=O)c1ccc(C(=O)c2ccccc2)cc1. The van der Waals surface area contributed by atoms with Crippen LogP contribution in [0, 0.1) is 0 Å². The largest absolute Gasteiger partial charge is 0.332 e. The first-order valence-corrected chi connectivity index (χ1v) is 9.32. The summed E-state index contributed by atoms with van der Waals surface area (Å²) in [5, 5.41) is 3.29. The number of nitrogens with zero attached hydrogens (tertiary/aromatic N) is 1. The van der Waals surface area contributed by atoms with Crippen LogP contribution in [0.1, 0.15) is 26.3 Å². The third-order valence-electron chi connectivity index (χ3n) is 4.29. The van der Waals surface area contributed by atoms with Gasteiger partial charge in [0.2, 0.25) is 5.91 Å². The average Bonchev–Trinajstić information content (AvgIpc) is 2.75. The van der Waals surface area contributed by atoms with E-state index >= 15 is 0 Å². The molecule has 0 radical (unpaired) electrons. The number of nitrogens with one attached hydrogen (secondary N) is 1. The number of rotatable bonds is 6. The van der Waals surface area contributed by atoms with Crippen molar-refractivity contribution in [2.75, 3.05) is 18.9 Å². The molecule has 3 rings (SSSR count). The van der Waals surface area contributed by atoms with Gasteiger partial charge in [0.1, 0.15) is 0 Å². The topological polar surface area (TPSA) is 66.5 Å². The van der Waals surface area contributed by atoms with E-state index in [4.69, 9.17) is 11.6 Å². The molecule has 6 heteroatoms. The van der Waals surface area contributed by atoms with Gasteiger partial charge in [0.25, 0.3) is 5.91 Å². The van der Waals surface area contributed by atoms with Gasteiger partial charge < -0.3 is 10.2 Å². The summed E-state index contributed by atoms with van der Waals surface area (Å²) in [5.41, 5.74) is 2.08. The molecule has 0 atom stereocenters. The van der Waals surface area contributed by atoms with Gasteiger partial charge in [-0.1, -0.05) is 54.1 Å². The van der Waals surface area contributed by atoms with Crippen molar-refractivity contribution in [3.8, 4) is 0 Å². The number of hydrogen-bond donors (Lipinski definition) is 1. The first-order chi connectivity index (χ1) is 13.9. The van der Waals surface area contributed by atoms with Crippen LogP contribution in [-0.2, 0) is 4.79 Å². The number of amides is 2. The van der Waals surface area contributed by atoms with Gasteiger partial charge in [-0.2, -0.15) is 0 Å². The molecule has 1 N–H and O–H groups in total. The number of hydrogen-bond acceptors (Lipinski definition) is 3. The predicted octanol–water partition coefficient (Wildman–Crippen LogP) is 4.28. The molecule has 0 aromatic heterocycles. The molecule has 0 bridgehead atoms. The minimum absolute atomic E-state index is 0.105. The molecular formula is C23H19ClN2O3. The third kappa shape index (κ3) is 5.30. The van der Waals surface area contributed by atoms with E-state index in [0.717, 1.165) is 0 Å². The lowest BCUT2D eigenvalue weighted by Crippen LogP contribution is -2.34. The van der Waals surface area contributed by atoms with Crippen LogP contribution in [-0.4, -0.2) is 36.1 Å². The summed E-state index contributed by atoms with van der Waals surface area (Å²) in [6.07, 6.45) is 0. The quantitative estimate of drug-likeness (QED) is 0.621. The zero-order chi connectivity index (χ0) is 20.8. The van der Waals surface area contributed by atoms with Gasteiger partial charge in [0, 0.05) is 34.4 Å². The highest BCUT2D eigenvalue weighted by atomic mass is 35.5. The number of halogens is 1. The molecule has 0 fully saturated rings. The van der Waals surface area contributed by atoms with Crippen molar-refractivity contribution in [3.63, 3.8) is 0 Å². The lowest BCUT2D eigenvalue weighted by Gasteiger charge is -2.17. The molecule has 2 amide bonds. The van der Waals surface area contributed by atoms with E-state index in [1.165, 1.54) is 4.90 Å². The van der Waals surface area contributed by atoms with E-state index < -0.39 is 0 Å². The van der Waals surface area contributed by atoms with E-state index in [-0.39, 0.29) is 24.1 Å². The van der Waals surface area contributed by atoms with E-state index in [1.807, 2.05) is 6.07 Å². The highest BCUT2D eigenvalue weighted by Gasteiger charge is 2.16. The molecule has 5 nitrogen and oxygen atoms in total. The highest BCUT2D eigenvalue weighted by molar-refractivity contribution is 6.30. The molecule has 0 saturated heterocycles. The number of carbonyl (C=O) groups excluding carboxylic acids is 3. The predicted molar refractivity (Wildman–Crippen MR) is 113 cm³/mol. The van der Waals surface area contributed by atoms with Crippen molar-refractivity contribution >= 4 is 34.9 Å². The normalized spacial score (nSPS) is 10.3. The van der Waals surface area contributed by atoms with Crippen LogP contribution in [0.2, 0.25) is 5.02 Å². The molecule has 0 heterocycles. The van der Waals surface area contributed by atoms with E-state index in [0.29, 0.717) is 27.4 Å². The van der Waals surface area contributed by atoms with Gasteiger partial charge in [-0.15, -0.1) is 0 Å². The van der Waals surface area contributed by atoms with Crippen LogP contribution in [0.3, 0.4) is 0 Å². The summed E-state index contributed by atoms with van der Waals surface area (Å²) in [6.45, 7) is -0.105. The Balaban J connectivity index is 1.61. The molecule has 0 aliphatic rings. The molecule has 0 saturated carbocycles. The molecule has 0 aliphatic heterocycles. The molecule has 146 valence electrons. The van der Waals surface area contributed by atoms with Gasteiger partial charge in [-0.05, 0) is 36.4 Å². The fourth-order valence-corrected chi connectivity index (χ4v) is 2.89. The molecule has 3 aromatic carbocycles. The lowest BCUT2D eigenvalue weighted by atomic mass is 10.0. The fourth-order valence-electron chi connectivity index (χ4n) is 2.76. The summed E-state index contributed by atoms with van der Waals surface area (Å²) in [7, 11) is 1.55. The summed E-state index contributed by atoms with van der Waals surface area (Å²) in [4.78, 5) is 38.5. The van der Waals surface area contributed by atoms with Crippen molar-refractivity contribution in [1.29, 1.82) is 0 Å². The van der Waals surface area contributed by atoms with Crippen molar-refractivity contribution in [1.82, 2.24) is 4.90 Å². The lowest BCUT2D eigenvalue weighted by molar-refractivity contribution is -0.116. The molecule has 0 spiro atoms. The maximum atomic E-state index is 12.6. The van der Waals surface area contributed by atoms with Crippen LogP contribution >= 0.6 is 11.6 Å². The van der Waals surface area contributed by atoms with Crippen molar-refractivity contribution < 1.29 is 14.4 Å². The second-order valence-electron chi connectivity index (χ2n) is 6.49. The summed E-state index contributed by atoms with van der Waals surface area (Å²) >= 11 is 5.82. The van der Waals surface area contributed by atoms with Gasteiger partial charge in [0.05, 0.1) is 6.54 Å². The standard InChI is InChI=1S/C23H19ClN2O3/c1-26(15-21(27)25-20-13-11-19(24)12-14-20)23(29)18-9-7-17(8-10-18)22(28)16-5-3-2-4-6-16/h2-14H,15H2,1H3,(H,25,27). The van der Waals surface area contributed by atoms with Crippen LogP contribution in [0.4, 0.5) is 5.69 Å². The second-order valence-corrected chi connectivity index (χ2v) is 6.93. The van der Waals surface area contributed by atoms with Crippen molar-refractivity contribution in [2.24, 2.45) is 0 Å². The molecule has 0 unspecified atom stereocenters. The second kappa shape index (κ2) is 9.17. The number of carbonyl (C=O) groups is 3. The van der Waals surface area contributed by atoms with E-state index in [9.17, 15) is 14.4 Å². The Morgan fingerprint density at radius 2 is 1.34 bits per heavy atom. The summed E-state index contributed by atoms with van der Waals surface area (Å²) < 4.78 is 0. The Labute approximate surface area is 173 Å². The molecule has 29 heavy (non-hydrogen) atoms. The van der Waals surface area contributed by atoms with E-state index in [2.05, 4.69) is 5.32 Å². The van der Waals surface area contributed by atoms with Crippen LogP contribution in [0.15, 0.2) is 78.9 Å². The minimum Gasteiger partial charge on any atom is -0.332 e. The van der Waals surface area contributed by atoms with E-state index in [1.54, 1.807) is 79.8 Å². The number of benzene rings is 3. The maximum absolute atomic E-state index is 12.6. The number of anilines is 1. The van der Waals surface area contributed by atoms with Crippen LogP contribution in [0.5, 0.6) is 0 Å². The van der Waals surface area contributed by atoms with Gasteiger partial charge in [0.15, 0.2) is 5.78 Å². The Morgan fingerprint density at radius 1 is 0.793 bits per heavy atom. The average molecular weight is 407 g/mol. The Kier molecular flexibility index (Phi) is 6.42. The summed E-state index contributed by atoms with van der Waals surface area (Å²) in [6, 6.07) is 22.1. The highest BCUT2D eigenvalue weighted by Crippen LogP contribution is 2.14. The summed E-state index contributed by atoms with van der Waals surface area (Å²) in [5.74, 6) is -0.741. The number of ketones is 1. The van der Waals surface area contributed by atoms with Gasteiger partial charge in [-0.3, -0.25) is 14.4 Å². The Hall–Kier alpha value is -3.44. The Bertz CT molecular complexity index is 1020. The molecule has 0 aliphatic carbocycles. The van der Waals surface area contributed by atoms with Crippen molar-refractivity contribution in [2.45, 2.75) is 0 Å². The number of likely N-dealkylation sites (N-methyl/N-ethyl adjacent to an activating group) is 1. The zero-order valence-electron chi connectivity index (χ0n) is 15.8. The molecular weight excluding hydrogens is 388 g/mol. The van der Waals surface area contributed by atoms with Crippen LogP contribution < -0.4 is 5.32 Å². The van der Waals surface area contributed by atoms with Crippen LogP contribution in [0.25, 0.3) is 0 Å². The fraction of sp³-hybridized carbons (Fsp3) is 0.0870. The maximum Gasteiger partial charge on any atom is 0.254 e. The Morgan fingerprint density at radius 3 is 1.97 bits per heavy atom. The minimum atomic E-state index is -0.320. The first kappa shape index (κ1) is 20.3. The zero-order valence-corrected chi connectivity index (χ0v) is 16.5. The first-order valence-electron chi connectivity index (χ1n) is 8.95. The molecule has 3 aromatic rings. The smallest absolute Gasteiger partial charge is 0.254 e. The van der Waals surface area contributed by atoms with Gasteiger partial charge in [-0.25, -0.2) is 0 Å². The van der Waals surface area contributed by atoms with Crippen molar-refractivity contribution in [3.05, 3.63) is 101 Å².